The molecule has 1 heteroatoms. The van der Waals surface area contributed by atoms with Crippen LogP contribution in [-0.4, -0.2) is 5.78 Å². The van der Waals surface area contributed by atoms with Crippen molar-refractivity contribution in [2.24, 2.45) is 11.8 Å². The van der Waals surface area contributed by atoms with Gasteiger partial charge in [-0.05, 0) is 30.8 Å². The van der Waals surface area contributed by atoms with Crippen molar-refractivity contribution >= 4 is 5.78 Å². The van der Waals surface area contributed by atoms with E-state index in [1.165, 1.54) is 50.5 Å². The monoisotopic (exact) mass is 310 g/mol. The first kappa shape index (κ1) is 23.7. The summed E-state index contributed by atoms with van der Waals surface area (Å²) in [6.07, 6.45) is 12.6. The van der Waals surface area contributed by atoms with E-state index >= 15 is 0 Å². The van der Waals surface area contributed by atoms with Crippen LogP contribution in [0.5, 0.6) is 0 Å². The van der Waals surface area contributed by atoms with E-state index in [-0.39, 0.29) is 0 Å². The molecule has 0 aromatic heterocycles. The van der Waals surface area contributed by atoms with Crippen molar-refractivity contribution in [1.29, 1.82) is 0 Å². The van der Waals surface area contributed by atoms with Crippen LogP contribution in [0.15, 0.2) is 11.6 Å². The number of carbonyl (C=O) groups excluding carboxylic acids is 1. The summed E-state index contributed by atoms with van der Waals surface area (Å²) in [6.45, 7) is 15.0. The van der Waals surface area contributed by atoms with Crippen LogP contribution in [0.1, 0.15) is 106 Å². The summed E-state index contributed by atoms with van der Waals surface area (Å²) in [6, 6.07) is 0. The Morgan fingerprint density at radius 2 is 1.50 bits per heavy atom. The fourth-order valence-corrected chi connectivity index (χ4v) is 2.91. The normalized spacial score (nSPS) is 14.0. The molecule has 0 aliphatic carbocycles. The molecule has 0 amide bonds. The van der Waals surface area contributed by atoms with Crippen LogP contribution in [0.25, 0.3) is 0 Å². The number of ketones is 1. The molecule has 0 aromatic rings. The first-order valence-electron chi connectivity index (χ1n) is 9.82. The minimum absolute atomic E-state index is 0.300. The second-order valence-electron chi connectivity index (χ2n) is 6.23. The number of rotatable bonds is 12. The number of allylic oxidation sites excluding steroid dienone is 2. The molecule has 0 saturated carbocycles. The lowest BCUT2D eigenvalue weighted by Gasteiger charge is -2.22. The van der Waals surface area contributed by atoms with Gasteiger partial charge < -0.3 is 0 Å². The lowest BCUT2D eigenvalue weighted by molar-refractivity contribution is -0.114. The average molecular weight is 311 g/mol. The van der Waals surface area contributed by atoms with Gasteiger partial charge in [0.15, 0.2) is 5.78 Å². The maximum atomic E-state index is 11.8. The fourth-order valence-electron chi connectivity index (χ4n) is 2.91. The van der Waals surface area contributed by atoms with Crippen molar-refractivity contribution < 1.29 is 4.79 Å². The molecule has 2 atom stereocenters. The van der Waals surface area contributed by atoms with E-state index in [0.717, 1.165) is 12.3 Å². The molecule has 1 nitrogen and oxygen atoms in total. The highest BCUT2D eigenvalue weighted by Gasteiger charge is 2.15. The van der Waals surface area contributed by atoms with E-state index in [9.17, 15) is 4.79 Å². The fraction of sp³-hybridized carbons (Fsp3) is 0.857. The highest BCUT2D eigenvalue weighted by molar-refractivity contribution is 5.90. The van der Waals surface area contributed by atoms with Gasteiger partial charge in [-0.3, -0.25) is 4.79 Å². The van der Waals surface area contributed by atoms with Crippen LogP contribution in [0.2, 0.25) is 0 Å². The van der Waals surface area contributed by atoms with Crippen LogP contribution in [0.3, 0.4) is 0 Å². The molecule has 2 unspecified atom stereocenters. The van der Waals surface area contributed by atoms with Gasteiger partial charge in [-0.15, -0.1) is 0 Å². The predicted octanol–water partition coefficient (Wildman–Crippen LogP) is 7.35. The quantitative estimate of drug-likeness (QED) is 0.344. The van der Waals surface area contributed by atoms with Gasteiger partial charge >= 0.3 is 0 Å². The Bertz CT molecular complexity index is 278. The van der Waals surface area contributed by atoms with E-state index in [2.05, 4.69) is 27.7 Å². The Morgan fingerprint density at radius 1 is 0.909 bits per heavy atom. The lowest BCUT2D eigenvalue weighted by Crippen LogP contribution is -2.09. The Hall–Kier alpha value is -0.590. The molecular weight excluding hydrogens is 268 g/mol. The van der Waals surface area contributed by atoms with E-state index in [1.54, 1.807) is 0 Å². The Morgan fingerprint density at radius 3 is 1.95 bits per heavy atom. The van der Waals surface area contributed by atoms with Crippen LogP contribution < -0.4 is 0 Å². The summed E-state index contributed by atoms with van der Waals surface area (Å²) in [5.74, 6) is 1.64. The van der Waals surface area contributed by atoms with Crippen molar-refractivity contribution in [2.45, 2.75) is 106 Å². The summed E-state index contributed by atoms with van der Waals surface area (Å²) in [5, 5.41) is 0. The van der Waals surface area contributed by atoms with E-state index < -0.39 is 0 Å². The van der Waals surface area contributed by atoms with E-state index in [4.69, 9.17) is 0 Å². The van der Waals surface area contributed by atoms with Crippen LogP contribution in [0, 0.1) is 11.8 Å². The van der Waals surface area contributed by atoms with Crippen LogP contribution in [-0.2, 0) is 4.79 Å². The highest BCUT2D eigenvalue weighted by atomic mass is 16.1. The minimum Gasteiger partial charge on any atom is -0.295 e. The molecule has 0 fully saturated rings. The average Bonchev–Trinajstić information content (AvgIpc) is 2.53. The maximum Gasteiger partial charge on any atom is 0.155 e. The molecule has 0 aliphatic heterocycles. The Kier molecular flexibility index (Phi) is 18.1. The summed E-state index contributed by atoms with van der Waals surface area (Å²) in [4.78, 5) is 11.8. The van der Waals surface area contributed by atoms with Gasteiger partial charge in [0.25, 0.3) is 0 Å². The molecule has 0 rings (SSSR count). The first-order chi connectivity index (χ1) is 10.6. The number of hydrogen-bond donors (Lipinski definition) is 0. The zero-order chi connectivity index (χ0) is 17.4. The van der Waals surface area contributed by atoms with Crippen molar-refractivity contribution in [1.82, 2.24) is 0 Å². The molecule has 0 saturated heterocycles. The molecule has 0 aliphatic rings. The third kappa shape index (κ3) is 12.0. The number of unbranched alkanes of at least 4 members (excludes halogenated alkanes) is 1. The van der Waals surface area contributed by atoms with Crippen molar-refractivity contribution in [3.8, 4) is 0 Å². The molecule has 0 aromatic carbocycles. The van der Waals surface area contributed by atoms with Gasteiger partial charge in [-0.1, -0.05) is 92.6 Å². The third-order valence-electron chi connectivity index (χ3n) is 4.24. The second-order valence-corrected chi connectivity index (χ2v) is 6.23. The van der Waals surface area contributed by atoms with E-state index in [1.807, 2.05) is 26.8 Å². The smallest absolute Gasteiger partial charge is 0.155 e. The molecule has 0 spiro atoms. The summed E-state index contributed by atoms with van der Waals surface area (Å²) < 4.78 is 0. The third-order valence-corrected chi connectivity index (χ3v) is 4.24. The van der Waals surface area contributed by atoms with Crippen molar-refractivity contribution in [3.63, 3.8) is 0 Å². The zero-order valence-electron chi connectivity index (χ0n) is 16.5. The van der Waals surface area contributed by atoms with Gasteiger partial charge in [0.2, 0.25) is 0 Å². The molecule has 132 valence electrons. The largest absolute Gasteiger partial charge is 0.295 e. The number of carbonyl (C=O) groups is 1. The Balaban J connectivity index is 0. The van der Waals surface area contributed by atoms with Gasteiger partial charge in [0.1, 0.15) is 0 Å². The molecule has 0 radical (unpaired) electrons. The second kappa shape index (κ2) is 16.8. The molecule has 0 bridgehead atoms. The SMILES string of the molecule is CC.CCCCC(CCC)C/C(=C/C(=O)CC)C(C)CCC. The lowest BCUT2D eigenvalue weighted by atomic mass is 9.83. The zero-order valence-corrected chi connectivity index (χ0v) is 16.5. The van der Waals surface area contributed by atoms with Crippen molar-refractivity contribution in [3.05, 3.63) is 11.6 Å². The standard InChI is InChI=1S/C19H36O.C2H6/c1-6-10-13-17(12-8-3)14-18(15-19(20)9-4)16(5)11-7-2;1-2/h15-17H,6-14H2,1-5H3;1-2H3/b18-15-;. The van der Waals surface area contributed by atoms with E-state index in [0.29, 0.717) is 18.1 Å². The van der Waals surface area contributed by atoms with Gasteiger partial charge in [0.05, 0.1) is 0 Å². The number of hydrogen-bond acceptors (Lipinski definition) is 1. The van der Waals surface area contributed by atoms with Gasteiger partial charge in [-0.2, -0.15) is 0 Å². The molecule has 22 heavy (non-hydrogen) atoms. The Labute approximate surface area is 141 Å². The predicted molar refractivity (Wildman–Crippen MR) is 101 cm³/mol. The molecular formula is C21H42O. The molecule has 0 N–H and O–H groups in total. The van der Waals surface area contributed by atoms with Crippen LogP contribution >= 0.6 is 0 Å². The molecule has 0 heterocycles. The first-order valence-corrected chi connectivity index (χ1v) is 9.82. The minimum atomic E-state index is 0.300. The van der Waals surface area contributed by atoms with Gasteiger partial charge in [-0.25, -0.2) is 0 Å². The summed E-state index contributed by atoms with van der Waals surface area (Å²) in [5.41, 5.74) is 1.41. The van der Waals surface area contributed by atoms with Crippen molar-refractivity contribution in [2.75, 3.05) is 0 Å². The topological polar surface area (TPSA) is 17.1 Å². The highest BCUT2D eigenvalue weighted by Crippen LogP contribution is 2.29. The van der Waals surface area contributed by atoms with Gasteiger partial charge in [0, 0.05) is 6.42 Å². The maximum absolute atomic E-state index is 11.8. The summed E-state index contributed by atoms with van der Waals surface area (Å²) in [7, 11) is 0. The summed E-state index contributed by atoms with van der Waals surface area (Å²) >= 11 is 0. The van der Waals surface area contributed by atoms with Crippen LogP contribution in [0.4, 0.5) is 0 Å².